The molecule has 0 aliphatic carbocycles. The van der Waals surface area contributed by atoms with Crippen LogP contribution in [0.3, 0.4) is 0 Å². The SMILES string of the molecule is Cc1cn([C@H]2CN(C(c3ccccc3)(c3ccccc3)c3ccccc3)C[C@@H](COP(=O)(Cl)N(C)[C@@H](C)c3ccccc3)O2)c(=O)[nH]c1=O. The molecular weight excluding hydrogens is 659 g/mol. The fourth-order valence-electron chi connectivity index (χ4n) is 6.64. The summed E-state index contributed by atoms with van der Waals surface area (Å²) in [5, 5.41) is 0. The number of aryl methyl sites for hydroxylation is 1. The van der Waals surface area contributed by atoms with E-state index in [1.807, 2.05) is 91.9 Å². The summed E-state index contributed by atoms with van der Waals surface area (Å²) < 4.78 is 29.5. The average Bonchev–Trinajstić information content (AvgIpc) is 3.13. The van der Waals surface area contributed by atoms with E-state index in [2.05, 4.69) is 46.3 Å². The number of hydrogen-bond acceptors (Lipinski definition) is 6. The molecular formula is C38H40ClN4O5P. The normalized spacial score (nSPS) is 19.0. The lowest BCUT2D eigenvalue weighted by Gasteiger charge is -2.50. The smallest absolute Gasteiger partial charge is 0.350 e. The first-order valence-electron chi connectivity index (χ1n) is 16.2. The molecule has 254 valence electrons. The van der Waals surface area contributed by atoms with Gasteiger partial charge in [0.1, 0.15) is 0 Å². The van der Waals surface area contributed by atoms with Crippen molar-refractivity contribution in [3.63, 3.8) is 0 Å². The molecule has 1 unspecified atom stereocenters. The molecule has 49 heavy (non-hydrogen) atoms. The molecule has 1 aliphatic rings. The summed E-state index contributed by atoms with van der Waals surface area (Å²) in [7, 11) is 1.68. The van der Waals surface area contributed by atoms with Crippen LogP contribution >= 0.6 is 18.1 Å². The summed E-state index contributed by atoms with van der Waals surface area (Å²) in [6.45, 7) is 0.214. The van der Waals surface area contributed by atoms with Crippen molar-refractivity contribution in [1.29, 1.82) is 0 Å². The number of hydrogen-bond donors (Lipinski definition) is 1. The Morgan fingerprint density at radius 2 is 1.37 bits per heavy atom. The van der Waals surface area contributed by atoms with E-state index in [-0.39, 0.29) is 19.2 Å². The second kappa shape index (κ2) is 14.8. The molecule has 0 bridgehead atoms. The molecule has 1 saturated heterocycles. The minimum absolute atomic E-state index is 0.120. The Morgan fingerprint density at radius 3 is 1.88 bits per heavy atom. The Hall–Kier alpha value is -4.08. The maximum absolute atomic E-state index is 13.9. The van der Waals surface area contributed by atoms with Crippen molar-refractivity contribution in [2.24, 2.45) is 0 Å². The number of ether oxygens (including phenoxy) is 1. The number of H-pyrrole nitrogens is 1. The molecule has 6 rings (SSSR count). The summed E-state index contributed by atoms with van der Waals surface area (Å²) in [5.74, 6) is 0. The molecule has 0 spiro atoms. The van der Waals surface area contributed by atoms with Gasteiger partial charge in [-0.05, 0) is 54.4 Å². The Bertz CT molecular complexity index is 1910. The van der Waals surface area contributed by atoms with E-state index in [4.69, 9.17) is 20.5 Å². The molecule has 11 heteroatoms. The molecule has 9 nitrogen and oxygen atoms in total. The summed E-state index contributed by atoms with van der Waals surface area (Å²) >= 11 is 6.68. The summed E-state index contributed by atoms with van der Waals surface area (Å²) in [6, 6.07) is 40.0. The summed E-state index contributed by atoms with van der Waals surface area (Å²) in [6.07, 6.45) is 0.00189. The fourth-order valence-corrected chi connectivity index (χ4v) is 8.28. The lowest BCUT2D eigenvalue weighted by atomic mass is 9.75. The van der Waals surface area contributed by atoms with E-state index >= 15 is 0 Å². The number of aromatic amines is 1. The van der Waals surface area contributed by atoms with Crippen molar-refractivity contribution in [2.75, 3.05) is 26.7 Å². The topological polar surface area (TPSA) is 96.9 Å². The quantitative estimate of drug-likeness (QED) is 0.116. The zero-order chi connectivity index (χ0) is 34.6. The first-order valence-corrected chi connectivity index (χ1v) is 18.7. The molecule has 0 radical (unpaired) electrons. The highest BCUT2D eigenvalue weighted by Crippen LogP contribution is 2.58. The van der Waals surface area contributed by atoms with Gasteiger partial charge in [0, 0.05) is 30.9 Å². The highest BCUT2D eigenvalue weighted by atomic mass is 35.7. The van der Waals surface area contributed by atoms with Crippen molar-refractivity contribution in [1.82, 2.24) is 19.1 Å². The summed E-state index contributed by atoms with van der Waals surface area (Å²) in [4.78, 5) is 30.3. The van der Waals surface area contributed by atoms with Crippen LogP contribution < -0.4 is 11.2 Å². The maximum atomic E-state index is 13.9. The number of nitrogens with zero attached hydrogens (tertiary/aromatic N) is 3. The molecule has 1 aromatic heterocycles. The van der Waals surface area contributed by atoms with Crippen LogP contribution in [0.15, 0.2) is 137 Å². The van der Waals surface area contributed by atoms with Gasteiger partial charge < -0.3 is 9.26 Å². The molecule has 4 aromatic carbocycles. The zero-order valence-corrected chi connectivity index (χ0v) is 29.3. The third-order valence-electron chi connectivity index (χ3n) is 9.29. The first kappa shape index (κ1) is 34.8. The lowest BCUT2D eigenvalue weighted by Crippen LogP contribution is -2.58. The standard InChI is InChI=1S/C38H40ClN4O5P/c1-28-24-43(37(45)40-36(28)44)35-26-42(25-34(48-35)27-47-49(39,46)41(3)29(2)30-16-8-4-9-17-30)38(31-18-10-5-11-19-31,32-20-12-6-13-21-32)33-22-14-7-15-23-33/h4-24,29,34-35H,25-27H2,1-3H3,(H,40,44,45)/t29-,34-,35+,49?/m0/s1. The van der Waals surface area contributed by atoms with Crippen LogP contribution in [0.5, 0.6) is 0 Å². The van der Waals surface area contributed by atoms with Crippen molar-refractivity contribution in [2.45, 2.75) is 37.8 Å². The van der Waals surface area contributed by atoms with Crippen LogP contribution in [0.25, 0.3) is 0 Å². The van der Waals surface area contributed by atoms with Crippen molar-refractivity contribution < 1.29 is 13.8 Å². The van der Waals surface area contributed by atoms with Crippen molar-refractivity contribution in [3.8, 4) is 0 Å². The van der Waals surface area contributed by atoms with Gasteiger partial charge in [0.15, 0.2) is 6.23 Å². The molecule has 1 fully saturated rings. The number of rotatable bonds is 11. The van der Waals surface area contributed by atoms with Crippen LogP contribution in [-0.2, 0) is 19.4 Å². The van der Waals surface area contributed by atoms with Crippen LogP contribution in [0.4, 0.5) is 0 Å². The second-order valence-corrected chi connectivity index (χ2v) is 15.4. The predicted octanol–water partition coefficient (Wildman–Crippen LogP) is 7.09. The Balaban J connectivity index is 1.44. The number of morpholine rings is 1. The third-order valence-corrected chi connectivity index (χ3v) is 11.9. The van der Waals surface area contributed by atoms with Gasteiger partial charge in [-0.2, -0.15) is 0 Å². The minimum Gasteiger partial charge on any atom is -0.350 e. The zero-order valence-electron chi connectivity index (χ0n) is 27.7. The van der Waals surface area contributed by atoms with Crippen LogP contribution in [0.2, 0.25) is 0 Å². The van der Waals surface area contributed by atoms with Gasteiger partial charge in [0.2, 0.25) is 0 Å². The van der Waals surface area contributed by atoms with Gasteiger partial charge in [-0.15, -0.1) is 0 Å². The van der Waals surface area contributed by atoms with E-state index in [9.17, 15) is 14.2 Å². The molecule has 0 amide bonds. The monoisotopic (exact) mass is 698 g/mol. The molecule has 2 heterocycles. The van der Waals surface area contributed by atoms with Crippen LogP contribution in [-0.4, -0.2) is 52.0 Å². The Labute approximate surface area is 291 Å². The Morgan fingerprint density at radius 1 is 0.878 bits per heavy atom. The second-order valence-electron chi connectivity index (χ2n) is 12.3. The van der Waals surface area contributed by atoms with E-state index in [0.29, 0.717) is 12.1 Å². The predicted molar refractivity (Wildman–Crippen MR) is 193 cm³/mol. The largest absolute Gasteiger partial charge is 0.363 e. The highest BCUT2D eigenvalue weighted by molar-refractivity contribution is 7.83. The van der Waals surface area contributed by atoms with E-state index in [1.54, 1.807) is 18.6 Å². The van der Waals surface area contributed by atoms with Gasteiger partial charge in [0.05, 0.1) is 18.2 Å². The Kier molecular flexibility index (Phi) is 10.5. The highest BCUT2D eigenvalue weighted by Gasteiger charge is 2.47. The van der Waals surface area contributed by atoms with Gasteiger partial charge in [-0.1, -0.05) is 121 Å². The van der Waals surface area contributed by atoms with Gasteiger partial charge in [0.25, 0.3) is 5.56 Å². The fraction of sp³-hybridized carbons (Fsp3) is 0.263. The average molecular weight is 699 g/mol. The van der Waals surface area contributed by atoms with Gasteiger partial charge in [-0.25, -0.2) is 9.46 Å². The van der Waals surface area contributed by atoms with Gasteiger partial charge >= 0.3 is 12.6 Å². The van der Waals surface area contributed by atoms with Crippen LogP contribution in [0, 0.1) is 6.92 Å². The molecule has 0 saturated carbocycles. The van der Waals surface area contributed by atoms with Crippen LogP contribution in [0.1, 0.15) is 47.0 Å². The first-order chi connectivity index (χ1) is 23.6. The number of benzene rings is 4. The van der Waals surface area contributed by atoms with Crippen molar-refractivity contribution in [3.05, 3.63) is 176 Å². The van der Waals surface area contributed by atoms with E-state index in [1.165, 1.54) is 10.8 Å². The van der Waals surface area contributed by atoms with Crippen molar-refractivity contribution >= 4 is 18.1 Å². The maximum Gasteiger partial charge on any atom is 0.363 e. The lowest BCUT2D eigenvalue weighted by molar-refractivity contribution is -0.148. The molecule has 1 N–H and O–H groups in total. The summed E-state index contributed by atoms with van der Waals surface area (Å²) in [5.41, 5.74) is 2.46. The molecule has 1 aliphatic heterocycles. The third kappa shape index (κ3) is 7.15. The van der Waals surface area contributed by atoms with E-state index < -0.39 is 36.0 Å². The number of aromatic nitrogens is 2. The minimum atomic E-state index is -3.83. The molecule has 5 aromatic rings. The van der Waals surface area contributed by atoms with Gasteiger partial charge in [-0.3, -0.25) is 23.8 Å². The number of nitrogens with one attached hydrogen (secondary N) is 1. The molecule has 4 atom stereocenters. The van der Waals surface area contributed by atoms with E-state index in [0.717, 1.165) is 22.3 Å². The number of halogens is 1.